The smallest absolute Gasteiger partial charge is 0.172 e. The number of pyridine rings is 1. The first-order chi connectivity index (χ1) is 9.97. The lowest BCUT2D eigenvalue weighted by Crippen LogP contribution is -2.28. The van der Waals surface area contributed by atoms with E-state index in [9.17, 15) is 4.39 Å². The quantitative estimate of drug-likeness (QED) is 0.763. The lowest BCUT2D eigenvalue weighted by molar-refractivity contribution is 0.627. The highest BCUT2D eigenvalue weighted by Crippen LogP contribution is 2.28. The zero-order chi connectivity index (χ0) is 15.4. The molecule has 0 saturated carbocycles. The maximum Gasteiger partial charge on any atom is 0.172 e. The molecule has 0 aliphatic rings. The predicted octanol–water partition coefficient (Wildman–Crippen LogP) is 4.43. The van der Waals surface area contributed by atoms with E-state index in [4.69, 9.17) is 23.8 Å². The van der Waals surface area contributed by atoms with Gasteiger partial charge in [-0.1, -0.05) is 23.7 Å². The fourth-order valence-corrected chi connectivity index (χ4v) is 2.42. The van der Waals surface area contributed by atoms with Crippen molar-refractivity contribution in [1.82, 2.24) is 10.3 Å². The van der Waals surface area contributed by atoms with Crippen molar-refractivity contribution in [3.63, 3.8) is 0 Å². The molecule has 0 aliphatic heterocycles. The first-order valence-electron chi connectivity index (χ1n) is 6.07. The second kappa shape index (κ2) is 7.15. The van der Waals surface area contributed by atoms with Gasteiger partial charge in [-0.2, -0.15) is 0 Å². The maximum absolute atomic E-state index is 12.8. The Morgan fingerprint density at radius 2 is 2.05 bits per heavy atom. The number of halogens is 3. The van der Waals surface area contributed by atoms with Gasteiger partial charge in [0.05, 0.1) is 9.50 Å². The van der Waals surface area contributed by atoms with Gasteiger partial charge in [0.15, 0.2) is 5.11 Å². The SMILES string of the molecule is Cc1c(Cl)cnc(NC(=S)NCc2ccc(F)cc2)c1Br. The molecule has 3 nitrogen and oxygen atoms in total. The van der Waals surface area contributed by atoms with Crippen LogP contribution >= 0.6 is 39.7 Å². The fraction of sp³-hybridized carbons (Fsp3) is 0.143. The number of nitrogens with zero attached hydrogens (tertiary/aromatic N) is 1. The lowest BCUT2D eigenvalue weighted by Gasteiger charge is -2.12. The third-order valence-corrected chi connectivity index (χ3v) is 4.40. The van der Waals surface area contributed by atoms with E-state index in [2.05, 4.69) is 31.5 Å². The lowest BCUT2D eigenvalue weighted by atomic mass is 10.2. The van der Waals surface area contributed by atoms with Gasteiger partial charge in [0.2, 0.25) is 0 Å². The Morgan fingerprint density at radius 1 is 1.38 bits per heavy atom. The Balaban J connectivity index is 1.96. The molecule has 2 rings (SSSR count). The number of hydrogen-bond donors (Lipinski definition) is 2. The Labute approximate surface area is 141 Å². The zero-order valence-corrected chi connectivity index (χ0v) is 14.2. The van der Waals surface area contributed by atoms with Crippen LogP contribution in [0.1, 0.15) is 11.1 Å². The average molecular weight is 389 g/mol. The molecule has 0 saturated heterocycles. The molecule has 1 aromatic heterocycles. The van der Waals surface area contributed by atoms with Gasteiger partial charge in [-0.05, 0) is 58.3 Å². The summed E-state index contributed by atoms with van der Waals surface area (Å²) in [6, 6.07) is 6.22. The highest BCUT2D eigenvalue weighted by Gasteiger charge is 2.09. The highest BCUT2D eigenvalue weighted by atomic mass is 79.9. The van der Waals surface area contributed by atoms with Gasteiger partial charge in [-0.3, -0.25) is 0 Å². The monoisotopic (exact) mass is 387 g/mol. The van der Waals surface area contributed by atoms with Crippen LogP contribution in [0.4, 0.5) is 10.2 Å². The van der Waals surface area contributed by atoms with Gasteiger partial charge in [-0.25, -0.2) is 9.37 Å². The minimum Gasteiger partial charge on any atom is -0.358 e. The average Bonchev–Trinajstić information content (AvgIpc) is 2.47. The van der Waals surface area contributed by atoms with Crippen LogP contribution < -0.4 is 10.6 Å². The molecule has 0 amide bonds. The minimum absolute atomic E-state index is 0.260. The van der Waals surface area contributed by atoms with E-state index in [1.807, 2.05) is 6.92 Å². The topological polar surface area (TPSA) is 37.0 Å². The van der Waals surface area contributed by atoms with Gasteiger partial charge >= 0.3 is 0 Å². The molecule has 21 heavy (non-hydrogen) atoms. The number of benzene rings is 1. The molecule has 0 atom stereocenters. The number of nitrogens with one attached hydrogen (secondary N) is 2. The van der Waals surface area contributed by atoms with Gasteiger partial charge in [0.1, 0.15) is 11.6 Å². The Hall–Kier alpha value is -1.24. The van der Waals surface area contributed by atoms with Crippen LogP contribution in [-0.2, 0) is 6.54 Å². The summed E-state index contributed by atoms with van der Waals surface area (Å²) < 4.78 is 13.6. The van der Waals surface area contributed by atoms with E-state index in [1.54, 1.807) is 18.3 Å². The van der Waals surface area contributed by atoms with Crippen molar-refractivity contribution < 1.29 is 4.39 Å². The van der Waals surface area contributed by atoms with Crippen molar-refractivity contribution in [2.45, 2.75) is 13.5 Å². The van der Waals surface area contributed by atoms with E-state index >= 15 is 0 Å². The maximum atomic E-state index is 12.8. The van der Waals surface area contributed by atoms with Crippen molar-refractivity contribution in [1.29, 1.82) is 0 Å². The largest absolute Gasteiger partial charge is 0.358 e. The summed E-state index contributed by atoms with van der Waals surface area (Å²) in [6.45, 7) is 2.38. The summed E-state index contributed by atoms with van der Waals surface area (Å²) >= 11 is 14.6. The molecule has 7 heteroatoms. The minimum atomic E-state index is -0.260. The van der Waals surface area contributed by atoms with Crippen LogP contribution in [0.15, 0.2) is 34.9 Å². The van der Waals surface area contributed by atoms with Crippen molar-refractivity contribution >= 4 is 50.7 Å². The second-order valence-electron chi connectivity index (χ2n) is 4.33. The molecule has 0 bridgehead atoms. The summed E-state index contributed by atoms with van der Waals surface area (Å²) in [6.07, 6.45) is 1.56. The summed E-state index contributed by atoms with van der Waals surface area (Å²) in [5.74, 6) is 0.331. The number of rotatable bonds is 3. The predicted molar refractivity (Wildman–Crippen MR) is 91.1 cm³/mol. The Morgan fingerprint density at radius 3 is 2.71 bits per heavy atom. The van der Waals surface area contributed by atoms with Crippen LogP contribution in [0, 0.1) is 12.7 Å². The third kappa shape index (κ3) is 4.36. The number of thiocarbonyl (C=S) groups is 1. The molecular formula is C14H12BrClFN3S. The van der Waals surface area contributed by atoms with Gasteiger partial charge in [0, 0.05) is 12.7 Å². The van der Waals surface area contributed by atoms with E-state index in [-0.39, 0.29) is 5.82 Å². The molecular weight excluding hydrogens is 377 g/mol. The van der Waals surface area contributed by atoms with Crippen LogP contribution in [0.3, 0.4) is 0 Å². The Bertz CT molecular complexity index is 664. The van der Waals surface area contributed by atoms with Gasteiger partial charge < -0.3 is 10.6 Å². The summed E-state index contributed by atoms with van der Waals surface area (Å²) in [4.78, 5) is 4.18. The standard InChI is InChI=1S/C14H12BrClFN3S/c1-8-11(16)7-18-13(12(8)15)20-14(21)19-6-9-2-4-10(17)5-3-9/h2-5,7H,6H2,1H3,(H2,18,19,20,21). The third-order valence-electron chi connectivity index (χ3n) is 2.80. The van der Waals surface area contributed by atoms with Crippen molar-refractivity contribution in [2.24, 2.45) is 0 Å². The van der Waals surface area contributed by atoms with Crippen LogP contribution in [0.2, 0.25) is 5.02 Å². The van der Waals surface area contributed by atoms with E-state index < -0.39 is 0 Å². The molecule has 110 valence electrons. The molecule has 1 heterocycles. The highest BCUT2D eigenvalue weighted by molar-refractivity contribution is 9.10. The van der Waals surface area contributed by atoms with E-state index in [1.165, 1.54) is 12.1 Å². The molecule has 1 aromatic carbocycles. The number of aromatic nitrogens is 1. The van der Waals surface area contributed by atoms with E-state index in [0.29, 0.717) is 22.5 Å². The van der Waals surface area contributed by atoms with Gasteiger partial charge in [-0.15, -0.1) is 0 Å². The molecule has 0 fully saturated rings. The summed E-state index contributed by atoms with van der Waals surface area (Å²) in [5, 5.41) is 7.03. The summed E-state index contributed by atoms with van der Waals surface area (Å²) in [7, 11) is 0. The van der Waals surface area contributed by atoms with Crippen LogP contribution in [0.5, 0.6) is 0 Å². The molecule has 0 spiro atoms. The summed E-state index contributed by atoms with van der Waals surface area (Å²) in [5.41, 5.74) is 1.82. The normalized spacial score (nSPS) is 10.3. The van der Waals surface area contributed by atoms with Crippen LogP contribution in [0.25, 0.3) is 0 Å². The molecule has 2 N–H and O–H groups in total. The second-order valence-corrected chi connectivity index (χ2v) is 5.94. The van der Waals surface area contributed by atoms with Crippen LogP contribution in [-0.4, -0.2) is 10.1 Å². The Kier molecular flexibility index (Phi) is 5.50. The zero-order valence-electron chi connectivity index (χ0n) is 11.1. The molecule has 2 aromatic rings. The van der Waals surface area contributed by atoms with Crippen molar-refractivity contribution in [3.8, 4) is 0 Å². The molecule has 0 unspecified atom stereocenters. The fourth-order valence-electron chi connectivity index (χ4n) is 1.58. The van der Waals surface area contributed by atoms with Gasteiger partial charge in [0.25, 0.3) is 0 Å². The molecule has 0 radical (unpaired) electrons. The van der Waals surface area contributed by atoms with Crippen molar-refractivity contribution in [2.75, 3.05) is 5.32 Å². The number of hydrogen-bond acceptors (Lipinski definition) is 2. The van der Waals surface area contributed by atoms with Crippen molar-refractivity contribution in [3.05, 3.63) is 56.9 Å². The van der Waals surface area contributed by atoms with E-state index in [0.717, 1.165) is 15.6 Å². The first kappa shape index (κ1) is 16.1. The molecule has 0 aliphatic carbocycles. The number of anilines is 1. The first-order valence-corrected chi connectivity index (χ1v) is 7.65.